The lowest BCUT2D eigenvalue weighted by Crippen LogP contribution is -2.26. The molecule has 0 fully saturated rings. The number of rotatable bonds is 6. The Morgan fingerprint density at radius 2 is 2.20 bits per heavy atom. The second-order valence-electron chi connectivity index (χ2n) is 4.30. The first-order valence-electron chi connectivity index (χ1n) is 6.04. The summed E-state index contributed by atoms with van der Waals surface area (Å²) < 4.78 is 7.12. The molecule has 0 radical (unpaired) electrons. The van der Waals surface area contributed by atoms with Gasteiger partial charge in [-0.05, 0) is 12.1 Å². The van der Waals surface area contributed by atoms with Crippen molar-refractivity contribution in [2.45, 2.75) is 6.10 Å². The van der Waals surface area contributed by atoms with E-state index in [0.717, 1.165) is 0 Å². The number of hydrogen-bond donors (Lipinski definition) is 2. The van der Waals surface area contributed by atoms with Crippen molar-refractivity contribution in [2.75, 3.05) is 18.5 Å². The van der Waals surface area contributed by atoms with Gasteiger partial charge in [0.05, 0.1) is 5.02 Å². The van der Waals surface area contributed by atoms with Crippen molar-refractivity contribution in [3.63, 3.8) is 0 Å². The summed E-state index contributed by atoms with van der Waals surface area (Å²) in [6.07, 6.45) is 1.13. The molecule has 1 heterocycles. The molecule has 1 atom stereocenters. The SMILES string of the molecule is Cn1ccc(NCC(O)COc2cc(Cl)ccc2Cl)n1. The Morgan fingerprint density at radius 3 is 2.90 bits per heavy atom. The maximum atomic E-state index is 9.84. The third-order valence-corrected chi connectivity index (χ3v) is 3.10. The fourth-order valence-corrected chi connectivity index (χ4v) is 1.90. The Balaban J connectivity index is 1.80. The second kappa shape index (κ2) is 6.83. The molecule has 20 heavy (non-hydrogen) atoms. The van der Waals surface area contributed by atoms with E-state index in [2.05, 4.69) is 10.4 Å². The number of hydrogen-bond acceptors (Lipinski definition) is 4. The van der Waals surface area contributed by atoms with E-state index in [1.165, 1.54) is 0 Å². The van der Waals surface area contributed by atoms with E-state index in [0.29, 0.717) is 28.2 Å². The number of halogens is 2. The van der Waals surface area contributed by atoms with Gasteiger partial charge in [0.1, 0.15) is 24.3 Å². The van der Waals surface area contributed by atoms with Gasteiger partial charge in [-0.3, -0.25) is 4.68 Å². The predicted octanol–water partition coefficient (Wildman–Crippen LogP) is 2.58. The van der Waals surface area contributed by atoms with Crippen LogP contribution in [0, 0.1) is 0 Å². The maximum absolute atomic E-state index is 9.84. The molecule has 0 aliphatic rings. The number of anilines is 1. The summed E-state index contributed by atoms with van der Waals surface area (Å²) >= 11 is 11.8. The normalized spacial score (nSPS) is 12.2. The van der Waals surface area contributed by atoms with Gasteiger partial charge in [0.2, 0.25) is 0 Å². The van der Waals surface area contributed by atoms with Crippen LogP contribution in [-0.2, 0) is 7.05 Å². The second-order valence-corrected chi connectivity index (χ2v) is 5.14. The molecule has 0 aliphatic heterocycles. The number of aryl methyl sites for hydroxylation is 1. The maximum Gasteiger partial charge on any atom is 0.148 e. The van der Waals surface area contributed by atoms with Crippen LogP contribution in [0.25, 0.3) is 0 Å². The molecular weight excluding hydrogens is 301 g/mol. The number of nitrogens with zero attached hydrogens (tertiary/aromatic N) is 2. The fraction of sp³-hybridized carbons (Fsp3) is 0.308. The number of aliphatic hydroxyl groups is 1. The smallest absolute Gasteiger partial charge is 0.148 e. The van der Waals surface area contributed by atoms with Crippen LogP contribution in [0.3, 0.4) is 0 Å². The molecule has 0 aliphatic carbocycles. The van der Waals surface area contributed by atoms with Crippen LogP contribution in [-0.4, -0.2) is 34.1 Å². The quantitative estimate of drug-likeness (QED) is 0.860. The summed E-state index contributed by atoms with van der Waals surface area (Å²) in [5.41, 5.74) is 0. The molecule has 0 bridgehead atoms. The molecule has 1 aromatic heterocycles. The highest BCUT2D eigenvalue weighted by Gasteiger charge is 2.08. The van der Waals surface area contributed by atoms with Gasteiger partial charge in [-0.15, -0.1) is 0 Å². The first-order valence-corrected chi connectivity index (χ1v) is 6.79. The summed E-state index contributed by atoms with van der Waals surface area (Å²) in [6, 6.07) is 6.76. The molecule has 1 aromatic carbocycles. The summed E-state index contributed by atoms with van der Waals surface area (Å²) in [6.45, 7) is 0.440. The summed E-state index contributed by atoms with van der Waals surface area (Å²) in [5.74, 6) is 1.16. The van der Waals surface area contributed by atoms with Gasteiger partial charge in [0, 0.05) is 36.9 Å². The van der Waals surface area contributed by atoms with Gasteiger partial charge < -0.3 is 15.2 Å². The molecule has 2 N–H and O–H groups in total. The monoisotopic (exact) mass is 315 g/mol. The third-order valence-electron chi connectivity index (χ3n) is 2.56. The lowest BCUT2D eigenvalue weighted by molar-refractivity contribution is 0.117. The van der Waals surface area contributed by atoms with E-state index in [1.807, 2.05) is 19.3 Å². The van der Waals surface area contributed by atoms with E-state index in [4.69, 9.17) is 27.9 Å². The van der Waals surface area contributed by atoms with Crippen molar-refractivity contribution < 1.29 is 9.84 Å². The molecule has 7 heteroatoms. The molecule has 0 saturated heterocycles. The minimum atomic E-state index is -0.688. The Labute approximate surface area is 127 Å². The first kappa shape index (κ1) is 15.0. The van der Waals surface area contributed by atoms with Crippen LogP contribution < -0.4 is 10.1 Å². The highest BCUT2D eigenvalue weighted by molar-refractivity contribution is 6.34. The van der Waals surface area contributed by atoms with Crippen molar-refractivity contribution in [3.8, 4) is 5.75 Å². The average Bonchev–Trinajstić information content (AvgIpc) is 2.83. The van der Waals surface area contributed by atoms with Gasteiger partial charge in [0.25, 0.3) is 0 Å². The Bertz CT molecular complexity index is 574. The van der Waals surface area contributed by atoms with Crippen molar-refractivity contribution >= 4 is 29.0 Å². The largest absolute Gasteiger partial charge is 0.489 e. The van der Waals surface area contributed by atoms with Crippen LogP contribution in [0.2, 0.25) is 10.0 Å². The number of ether oxygens (including phenoxy) is 1. The van der Waals surface area contributed by atoms with Crippen molar-refractivity contribution in [2.24, 2.45) is 7.05 Å². The molecular formula is C13H15Cl2N3O2. The highest BCUT2D eigenvalue weighted by atomic mass is 35.5. The van der Waals surface area contributed by atoms with Crippen LogP contribution >= 0.6 is 23.2 Å². The van der Waals surface area contributed by atoms with E-state index in [1.54, 1.807) is 22.9 Å². The van der Waals surface area contributed by atoms with Crippen molar-refractivity contribution in [1.29, 1.82) is 0 Å². The fourth-order valence-electron chi connectivity index (χ4n) is 1.56. The highest BCUT2D eigenvalue weighted by Crippen LogP contribution is 2.27. The number of benzene rings is 1. The van der Waals surface area contributed by atoms with E-state index in [9.17, 15) is 5.11 Å². The van der Waals surface area contributed by atoms with Crippen LogP contribution in [0.5, 0.6) is 5.75 Å². The molecule has 0 amide bonds. The Kier molecular flexibility index (Phi) is 5.11. The van der Waals surface area contributed by atoms with Gasteiger partial charge in [-0.25, -0.2) is 0 Å². The molecule has 108 valence electrons. The van der Waals surface area contributed by atoms with Gasteiger partial charge in [-0.1, -0.05) is 23.2 Å². The summed E-state index contributed by atoms with van der Waals surface area (Å²) in [4.78, 5) is 0. The molecule has 2 aromatic rings. The third kappa shape index (κ3) is 4.30. The minimum absolute atomic E-state index is 0.111. The Hall–Kier alpha value is -1.43. The van der Waals surface area contributed by atoms with E-state index >= 15 is 0 Å². The molecule has 0 saturated carbocycles. The lowest BCUT2D eigenvalue weighted by Gasteiger charge is -2.14. The predicted molar refractivity (Wildman–Crippen MR) is 79.7 cm³/mol. The zero-order chi connectivity index (χ0) is 14.5. The average molecular weight is 316 g/mol. The van der Waals surface area contributed by atoms with E-state index < -0.39 is 6.10 Å². The van der Waals surface area contributed by atoms with Gasteiger partial charge in [0.15, 0.2) is 0 Å². The first-order chi connectivity index (χ1) is 9.54. The van der Waals surface area contributed by atoms with E-state index in [-0.39, 0.29) is 6.61 Å². The van der Waals surface area contributed by atoms with Crippen molar-refractivity contribution in [3.05, 3.63) is 40.5 Å². The summed E-state index contributed by atoms with van der Waals surface area (Å²) in [7, 11) is 1.83. The van der Waals surface area contributed by atoms with Crippen molar-refractivity contribution in [1.82, 2.24) is 9.78 Å². The zero-order valence-electron chi connectivity index (χ0n) is 10.9. The molecule has 5 nitrogen and oxygen atoms in total. The molecule has 2 rings (SSSR count). The minimum Gasteiger partial charge on any atom is -0.489 e. The molecule has 1 unspecified atom stereocenters. The summed E-state index contributed by atoms with van der Waals surface area (Å²) in [5, 5.41) is 18.0. The molecule has 0 spiro atoms. The Morgan fingerprint density at radius 1 is 1.40 bits per heavy atom. The number of aliphatic hydroxyl groups excluding tert-OH is 1. The standard InChI is InChI=1S/C13H15Cl2N3O2/c1-18-5-4-13(17-18)16-7-10(19)8-20-12-6-9(14)2-3-11(12)15/h2-6,10,19H,7-8H2,1H3,(H,16,17). The topological polar surface area (TPSA) is 59.3 Å². The van der Waals surface area contributed by atoms with Crippen LogP contribution in [0.15, 0.2) is 30.5 Å². The van der Waals surface area contributed by atoms with Gasteiger partial charge in [-0.2, -0.15) is 5.10 Å². The zero-order valence-corrected chi connectivity index (χ0v) is 12.4. The van der Waals surface area contributed by atoms with Crippen LogP contribution in [0.1, 0.15) is 0 Å². The number of aromatic nitrogens is 2. The number of nitrogens with one attached hydrogen (secondary N) is 1. The van der Waals surface area contributed by atoms with Crippen LogP contribution in [0.4, 0.5) is 5.82 Å². The van der Waals surface area contributed by atoms with Gasteiger partial charge >= 0.3 is 0 Å². The lowest BCUT2D eigenvalue weighted by atomic mass is 10.3.